The van der Waals surface area contributed by atoms with E-state index in [1.165, 1.54) is 6.07 Å². The highest BCUT2D eigenvalue weighted by Crippen LogP contribution is 2.22. The lowest BCUT2D eigenvalue weighted by atomic mass is 10.0. The quantitative estimate of drug-likeness (QED) is 0.850. The minimum atomic E-state index is -0.695. The average molecular weight is 347 g/mol. The van der Waals surface area contributed by atoms with Gasteiger partial charge in [0.05, 0.1) is 11.0 Å². The Morgan fingerprint density at radius 2 is 2.00 bits per heavy atom. The van der Waals surface area contributed by atoms with Crippen molar-refractivity contribution in [1.29, 1.82) is 0 Å². The second-order valence-corrected chi connectivity index (χ2v) is 6.01. The van der Waals surface area contributed by atoms with E-state index in [1.54, 1.807) is 0 Å². The van der Waals surface area contributed by atoms with Crippen molar-refractivity contribution in [2.45, 2.75) is 25.3 Å². The first-order valence-electron chi connectivity index (χ1n) is 6.59. The van der Waals surface area contributed by atoms with Crippen LogP contribution in [0.15, 0.2) is 16.6 Å². The number of carbonyl (C=O) groups excluding carboxylic acids is 1. The first-order chi connectivity index (χ1) is 9.47. The van der Waals surface area contributed by atoms with Crippen molar-refractivity contribution in [3.63, 3.8) is 0 Å². The molecule has 110 valence electrons. The third-order valence-corrected chi connectivity index (χ3v) is 4.16. The van der Waals surface area contributed by atoms with Gasteiger partial charge in [0.15, 0.2) is 5.78 Å². The summed E-state index contributed by atoms with van der Waals surface area (Å²) in [5.74, 6) is -1.56. The molecule has 0 spiro atoms. The molecule has 1 heterocycles. The molecule has 1 saturated heterocycles. The van der Waals surface area contributed by atoms with Gasteiger partial charge in [-0.2, -0.15) is 0 Å². The number of ketones is 1. The molecule has 1 aliphatic heterocycles. The molecule has 0 unspecified atom stereocenters. The van der Waals surface area contributed by atoms with Gasteiger partial charge in [0.25, 0.3) is 0 Å². The number of Topliss-reactive ketones (excluding diaryl/α,β-unsaturated/α-hetero) is 1. The number of benzene rings is 1. The van der Waals surface area contributed by atoms with E-state index in [1.807, 2.05) is 4.90 Å². The lowest BCUT2D eigenvalue weighted by Crippen LogP contribution is -2.42. The maximum absolute atomic E-state index is 13.8. The van der Waals surface area contributed by atoms with Gasteiger partial charge >= 0.3 is 0 Å². The summed E-state index contributed by atoms with van der Waals surface area (Å²) in [6.45, 7) is 1.74. The summed E-state index contributed by atoms with van der Waals surface area (Å²) in [5.41, 5.74) is 5.62. The van der Waals surface area contributed by atoms with Gasteiger partial charge in [0.1, 0.15) is 11.6 Å². The number of carbonyl (C=O) groups is 1. The molecule has 0 aliphatic carbocycles. The van der Waals surface area contributed by atoms with Crippen molar-refractivity contribution in [2.75, 3.05) is 19.6 Å². The first kappa shape index (κ1) is 15.5. The van der Waals surface area contributed by atoms with Crippen molar-refractivity contribution in [1.82, 2.24) is 4.90 Å². The highest BCUT2D eigenvalue weighted by Gasteiger charge is 2.20. The van der Waals surface area contributed by atoms with E-state index in [2.05, 4.69) is 15.9 Å². The second-order valence-electron chi connectivity index (χ2n) is 5.15. The topological polar surface area (TPSA) is 46.3 Å². The van der Waals surface area contributed by atoms with E-state index in [9.17, 15) is 13.6 Å². The molecule has 2 rings (SSSR count). The van der Waals surface area contributed by atoms with Crippen LogP contribution in [-0.2, 0) is 11.2 Å². The van der Waals surface area contributed by atoms with Gasteiger partial charge in [-0.05, 0) is 40.9 Å². The van der Waals surface area contributed by atoms with Crippen LogP contribution in [0.5, 0.6) is 0 Å². The molecule has 20 heavy (non-hydrogen) atoms. The Labute approximate surface area is 125 Å². The summed E-state index contributed by atoms with van der Waals surface area (Å²) >= 11 is 3.00. The normalized spacial score (nSPS) is 17.4. The van der Waals surface area contributed by atoms with Crippen LogP contribution in [0.2, 0.25) is 0 Å². The van der Waals surface area contributed by atoms with Crippen molar-refractivity contribution in [3.05, 3.63) is 33.8 Å². The van der Waals surface area contributed by atoms with Gasteiger partial charge in [-0.1, -0.05) is 0 Å². The number of hydrogen-bond donors (Lipinski definition) is 1. The van der Waals surface area contributed by atoms with E-state index in [0.29, 0.717) is 0 Å². The Hall–Kier alpha value is -0.850. The molecule has 1 aliphatic rings. The Morgan fingerprint density at radius 1 is 1.35 bits per heavy atom. The lowest BCUT2D eigenvalue weighted by molar-refractivity contribution is -0.119. The largest absolute Gasteiger partial charge is 0.328 e. The average Bonchev–Trinajstić information content (AvgIpc) is 2.42. The third kappa shape index (κ3) is 3.84. The van der Waals surface area contributed by atoms with Crippen molar-refractivity contribution < 1.29 is 13.6 Å². The molecule has 6 heteroatoms. The van der Waals surface area contributed by atoms with E-state index < -0.39 is 11.6 Å². The zero-order chi connectivity index (χ0) is 14.7. The van der Waals surface area contributed by atoms with Crippen molar-refractivity contribution in [3.8, 4) is 0 Å². The van der Waals surface area contributed by atoms with Crippen LogP contribution in [0.25, 0.3) is 0 Å². The van der Waals surface area contributed by atoms with E-state index in [0.717, 1.165) is 32.0 Å². The summed E-state index contributed by atoms with van der Waals surface area (Å²) in [6, 6.07) is 2.65. The number of piperidine rings is 1. The van der Waals surface area contributed by atoms with Crippen molar-refractivity contribution >= 4 is 21.7 Å². The molecule has 2 N–H and O–H groups in total. The van der Waals surface area contributed by atoms with Crippen LogP contribution in [0.1, 0.15) is 18.4 Å². The van der Waals surface area contributed by atoms with E-state index in [-0.39, 0.29) is 34.8 Å². The Bertz CT molecular complexity index is 502. The summed E-state index contributed by atoms with van der Waals surface area (Å²) < 4.78 is 27.5. The molecule has 1 aromatic carbocycles. The van der Waals surface area contributed by atoms with Crippen LogP contribution < -0.4 is 5.73 Å². The number of nitrogens with two attached hydrogens (primary N) is 1. The Kier molecular flexibility index (Phi) is 5.23. The third-order valence-electron chi connectivity index (χ3n) is 3.55. The van der Waals surface area contributed by atoms with Gasteiger partial charge in [-0.25, -0.2) is 8.78 Å². The molecule has 3 nitrogen and oxygen atoms in total. The minimum Gasteiger partial charge on any atom is -0.328 e. The van der Waals surface area contributed by atoms with Crippen LogP contribution in [-0.4, -0.2) is 36.4 Å². The summed E-state index contributed by atoms with van der Waals surface area (Å²) in [7, 11) is 0. The SMILES string of the molecule is NC1CCN(CC(=O)Cc2c(F)ccc(Br)c2F)CC1. The maximum atomic E-state index is 13.8. The Balaban J connectivity index is 1.97. The van der Waals surface area contributed by atoms with Crippen LogP contribution in [0.3, 0.4) is 0 Å². The standard InChI is InChI=1S/C14H17BrF2N2O/c15-12-1-2-13(16)11(14(12)17)7-10(20)8-19-5-3-9(18)4-6-19/h1-2,9H,3-8,18H2. The molecule has 0 saturated carbocycles. The Morgan fingerprint density at radius 3 is 2.65 bits per heavy atom. The fourth-order valence-corrected chi connectivity index (χ4v) is 2.72. The first-order valence-corrected chi connectivity index (χ1v) is 7.38. The molecule has 0 aromatic heterocycles. The molecule has 0 bridgehead atoms. The zero-order valence-corrected chi connectivity index (χ0v) is 12.6. The number of halogens is 3. The maximum Gasteiger partial charge on any atom is 0.151 e. The van der Waals surface area contributed by atoms with Gasteiger partial charge in [0, 0.05) is 31.1 Å². The summed E-state index contributed by atoms with van der Waals surface area (Å²) in [5, 5.41) is 0. The number of rotatable bonds is 4. The molecule has 0 amide bonds. The fraction of sp³-hybridized carbons (Fsp3) is 0.500. The minimum absolute atomic E-state index is 0.168. The van der Waals surface area contributed by atoms with Gasteiger partial charge < -0.3 is 5.73 Å². The van der Waals surface area contributed by atoms with Crippen LogP contribution in [0.4, 0.5) is 8.78 Å². The van der Waals surface area contributed by atoms with E-state index >= 15 is 0 Å². The predicted molar refractivity (Wildman–Crippen MR) is 76.4 cm³/mol. The van der Waals surface area contributed by atoms with Gasteiger partial charge in [0.2, 0.25) is 0 Å². The highest BCUT2D eigenvalue weighted by atomic mass is 79.9. The molecular weight excluding hydrogens is 330 g/mol. The number of hydrogen-bond acceptors (Lipinski definition) is 3. The van der Waals surface area contributed by atoms with Crippen molar-refractivity contribution in [2.24, 2.45) is 5.73 Å². The zero-order valence-electron chi connectivity index (χ0n) is 11.0. The highest BCUT2D eigenvalue weighted by molar-refractivity contribution is 9.10. The molecule has 0 atom stereocenters. The molecule has 0 radical (unpaired) electrons. The molecule has 1 fully saturated rings. The monoisotopic (exact) mass is 346 g/mol. The molecular formula is C14H17BrF2N2O. The van der Waals surface area contributed by atoms with E-state index in [4.69, 9.17) is 5.73 Å². The smallest absolute Gasteiger partial charge is 0.151 e. The van der Waals surface area contributed by atoms with Gasteiger partial charge in [-0.15, -0.1) is 0 Å². The van der Waals surface area contributed by atoms with Crippen LogP contribution >= 0.6 is 15.9 Å². The van der Waals surface area contributed by atoms with Gasteiger partial charge in [-0.3, -0.25) is 9.69 Å². The predicted octanol–water partition coefficient (Wildman–Crippen LogP) is 2.26. The number of likely N-dealkylation sites (tertiary alicyclic amines) is 1. The molecule has 1 aromatic rings. The fourth-order valence-electron chi connectivity index (χ4n) is 2.34. The summed E-state index contributed by atoms with van der Waals surface area (Å²) in [6.07, 6.45) is 1.49. The van der Waals surface area contributed by atoms with Crippen LogP contribution in [0, 0.1) is 11.6 Å². The number of nitrogens with zero attached hydrogens (tertiary/aromatic N) is 1. The lowest BCUT2D eigenvalue weighted by Gasteiger charge is -2.29. The second kappa shape index (κ2) is 6.74. The summed E-state index contributed by atoms with van der Waals surface area (Å²) in [4.78, 5) is 13.9.